The second-order valence-electron chi connectivity index (χ2n) is 5.22. The number of nitrogens with one attached hydrogen (secondary N) is 2. The van der Waals surface area contributed by atoms with Crippen molar-refractivity contribution in [3.05, 3.63) is 28.0 Å². The molecule has 9 heteroatoms. The van der Waals surface area contributed by atoms with E-state index in [1.54, 1.807) is 13.8 Å². The predicted octanol–water partition coefficient (Wildman–Crippen LogP) is 2.47. The summed E-state index contributed by atoms with van der Waals surface area (Å²) in [6, 6.07) is 1.33. The monoisotopic (exact) mass is 357 g/mol. The molecular weight excluding hydrogens is 341 g/mol. The van der Waals surface area contributed by atoms with Gasteiger partial charge in [-0.3, -0.25) is 4.79 Å². The van der Waals surface area contributed by atoms with E-state index >= 15 is 0 Å². The van der Waals surface area contributed by atoms with Crippen molar-refractivity contribution in [2.45, 2.75) is 26.2 Å². The third-order valence-corrected chi connectivity index (χ3v) is 3.86. The van der Waals surface area contributed by atoms with Crippen LogP contribution in [0.25, 0.3) is 0 Å². The van der Waals surface area contributed by atoms with Crippen LogP contribution in [0.15, 0.2) is 11.2 Å². The molecule has 0 aliphatic carbocycles. The van der Waals surface area contributed by atoms with E-state index in [2.05, 4.69) is 10.4 Å². The third kappa shape index (κ3) is 3.76. The van der Waals surface area contributed by atoms with Crippen LogP contribution in [-0.2, 0) is 4.79 Å². The fourth-order valence-electron chi connectivity index (χ4n) is 2.56. The molecule has 1 atom stereocenters. The van der Waals surface area contributed by atoms with E-state index in [4.69, 9.17) is 21.4 Å². The molecule has 1 heterocycles. The van der Waals surface area contributed by atoms with Gasteiger partial charge in [-0.2, -0.15) is 5.10 Å². The van der Waals surface area contributed by atoms with Gasteiger partial charge in [-0.15, -0.1) is 0 Å². The Morgan fingerprint density at radius 1 is 1.62 bits per heavy atom. The Morgan fingerprint density at radius 3 is 2.88 bits per heavy atom. The lowest BCUT2D eigenvalue weighted by atomic mass is 9.93. The molecule has 0 aromatic heterocycles. The summed E-state index contributed by atoms with van der Waals surface area (Å²) in [7, 11) is 0. The SMILES string of the molecule is CCOc1c(/C(C)=N\NC(=O)O)cc(Cl)c(F)c1C1CNC(=O)C1. The van der Waals surface area contributed by atoms with E-state index < -0.39 is 17.8 Å². The maximum absolute atomic E-state index is 14.6. The van der Waals surface area contributed by atoms with Crippen molar-refractivity contribution in [2.24, 2.45) is 5.10 Å². The number of carbonyl (C=O) groups excluding carboxylic acids is 1. The molecule has 0 spiro atoms. The molecule has 0 radical (unpaired) electrons. The summed E-state index contributed by atoms with van der Waals surface area (Å²) in [6.45, 7) is 3.82. The molecule has 1 aliphatic rings. The van der Waals surface area contributed by atoms with Crippen molar-refractivity contribution in [1.82, 2.24) is 10.7 Å². The van der Waals surface area contributed by atoms with Gasteiger partial charge in [0.15, 0.2) is 0 Å². The summed E-state index contributed by atoms with van der Waals surface area (Å²) in [4.78, 5) is 22.1. The van der Waals surface area contributed by atoms with E-state index in [9.17, 15) is 14.0 Å². The zero-order valence-electron chi connectivity index (χ0n) is 13.2. The van der Waals surface area contributed by atoms with Crippen molar-refractivity contribution in [3.8, 4) is 5.75 Å². The number of hydrogen-bond donors (Lipinski definition) is 3. The highest BCUT2D eigenvalue weighted by molar-refractivity contribution is 6.31. The number of rotatable bonds is 5. The number of nitrogens with zero attached hydrogens (tertiary/aromatic N) is 1. The maximum atomic E-state index is 14.6. The Kier molecular flexibility index (Phi) is 5.61. The number of carbonyl (C=O) groups is 2. The van der Waals surface area contributed by atoms with Crippen LogP contribution in [-0.4, -0.2) is 36.0 Å². The fraction of sp³-hybridized carbons (Fsp3) is 0.400. The Hall–Kier alpha value is -2.35. The molecule has 0 saturated carbocycles. The average molecular weight is 358 g/mol. The minimum absolute atomic E-state index is 0.125. The van der Waals surface area contributed by atoms with Gasteiger partial charge in [-0.25, -0.2) is 14.6 Å². The minimum atomic E-state index is -1.33. The molecule has 2 amide bonds. The van der Waals surface area contributed by atoms with Gasteiger partial charge in [0.2, 0.25) is 5.91 Å². The smallest absolute Gasteiger partial charge is 0.425 e. The molecule has 7 nitrogen and oxygen atoms in total. The molecule has 24 heavy (non-hydrogen) atoms. The molecule has 1 aliphatic heterocycles. The number of carboxylic acid groups (broad SMARTS) is 1. The van der Waals surface area contributed by atoms with Gasteiger partial charge >= 0.3 is 6.09 Å². The Balaban J connectivity index is 2.58. The van der Waals surface area contributed by atoms with Gasteiger partial charge in [-0.1, -0.05) is 11.6 Å². The first-order valence-electron chi connectivity index (χ1n) is 7.30. The molecule has 1 aromatic rings. The summed E-state index contributed by atoms with van der Waals surface area (Å²) < 4.78 is 20.2. The molecule has 1 saturated heterocycles. The quantitative estimate of drug-likeness (QED) is 0.556. The molecule has 130 valence electrons. The second-order valence-corrected chi connectivity index (χ2v) is 5.62. The molecule has 1 fully saturated rings. The number of hydrazone groups is 1. The molecule has 1 unspecified atom stereocenters. The number of ether oxygens (including phenoxy) is 1. The van der Waals surface area contributed by atoms with Crippen LogP contribution in [0.1, 0.15) is 37.3 Å². The lowest BCUT2D eigenvalue weighted by Gasteiger charge is -2.20. The van der Waals surface area contributed by atoms with Crippen molar-refractivity contribution >= 4 is 29.3 Å². The number of benzene rings is 1. The summed E-state index contributed by atoms with van der Waals surface area (Å²) in [6.07, 6.45) is -1.20. The van der Waals surface area contributed by atoms with Crippen molar-refractivity contribution < 1.29 is 23.8 Å². The van der Waals surface area contributed by atoms with Gasteiger partial charge in [0.25, 0.3) is 0 Å². The lowest BCUT2D eigenvalue weighted by Crippen LogP contribution is -2.18. The number of halogens is 2. The van der Waals surface area contributed by atoms with E-state index in [0.29, 0.717) is 5.56 Å². The first kappa shape index (κ1) is 18.0. The number of amides is 2. The Labute approximate surface area is 142 Å². The Bertz CT molecular complexity index is 708. The topological polar surface area (TPSA) is 100 Å². The largest absolute Gasteiger partial charge is 0.493 e. The summed E-state index contributed by atoms with van der Waals surface area (Å²) >= 11 is 5.99. The van der Waals surface area contributed by atoms with Crippen LogP contribution in [0.2, 0.25) is 5.02 Å². The Morgan fingerprint density at radius 2 is 2.33 bits per heavy atom. The molecule has 2 rings (SSSR count). The maximum Gasteiger partial charge on any atom is 0.425 e. The molecule has 3 N–H and O–H groups in total. The third-order valence-electron chi connectivity index (χ3n) is 3.59. The highest BCUT2D eigenvalue weighted by atomic mass is 35.5. The molecule has 0 bridgehead atoms. The van der Waals surface area contributed by atoms with Crippen LogP contribution in [0.5, 0.6) is 5.75 Å². The summed E-state index contributed by atoms with van der Waals surface area (Å²) in [5.74, 6) is -1.03. The summed E-state index contributed by atoms with van der Waals surface area (Å²) in [5, 5.41) is 14.9. The van der Waals surface area contributed by atoms with Crippen molar-refractivity contribution in [3.63, 3.8) is 0 Å². The highest BCUT2D eigenvalue weighted by Crippen LogP contribution is 2.39. The van der Waals surface area contributed by atoms with Crippen molar-refractivity contribution in [1.29, 1.82) is 0 Å². The van der Waals surface area contributed by atoms with Gasteiger partial charge in [0.1, 0.15) is 11.6 Å². The zero-order chi connectivity index (χ0) is 17.9. The lowest BCUT2D eigenvalue weighted by molar-refractivity contribution is -0.119. The molecular formula is C15H17ClFN3O4. The summed E-state index contributed by atoms with van der Waals surface area (Å²) in [5.41, 5.74) is 2.72. The molecule has 1 aromatic carbocycles. The van der Waals surface area contributed by atoms with Crippen LogP contribution in [0.4, 0.5) is 9.18 Å². The van der Waals surface area contributed by atoms with E-state index in [1.165, 1.54) is 6.07 Å². The van der Waals surface area contributed by atoms with E-state index in [0.717, 1.165) is 0 Å². The predicted molar refractivity (Wildman–Crippen MR) is 86.3 cm³/mol. The number of hydrogen-bond acceptors (Lipinski definition) is 4. The van der Waals surface area contributed by atoms with Gasteiger partial charge in [-0.05, 0) is 19.9 Å². The van der Waals surface area contributed by atoms with Crippen LogP contribution < -0.4 is 15.5 Å². The first-order chi connectivity index (χ1) is 11.3. The van der Waals surface area contributed by atoms with Crippen LogP contribution in [0.3, 0.4) is 0 Å². The van der Waals surface area contributed by atoms with Crippen molar-refractivity contribution in [2.75, 3.05) is 13.2 Å². The van der Waals surface area contributed by atoms with Crippen LogP contribution >= 0.6 is 11.6 Å². The first-order valence-corrected chi connectivity index (χ1v) is 7.67. The van der Waals surface area contributed by atoms with Gasteiger partial charge in [0, 0.05) is 30.0 Å². The average Bonchev–Trinajstić information content (AvgIpc) is 2.94. The van der Waals surface area contributed by atoms with E-state index in [-0.39, 0.29) is 47.5 Å². The van der Waals surface area contributed by atoms with Gasteiger partial charge in [0.05, 0.1) is 17.3 Å². The van der Waals surface area contributed by atoms with Gasteiger partial charge < -0.3 is 15.2 Å². The van der Waals surface area contributed by atoms with E-state index in [1.807, 2.05) is 5.43 Å². The fourth-order valence-corrected chi connectivity index (χ4v) is 2.77. The normalized spacial score (nSPS) is 17.6. The highest BCUT2D eigenvalue weighted by Gasteiger charge is 2.31. The minimum Gasteiger partial charge on any atom is -0.493 e. The second kappa shape index (κ2) is 7.48. The standard InChI is InChI=1S/C15H17ClFN3O4/c1-3-24-14-9(7(2)19-20-15(22)23)5-10(16)13(17)12(14)8-4-11(21)18-6-8/h5,8,20H,3-4,6H2,1-2H3,(H,18,21)(H,22,23)/b19-7-. The zero-order valence-corrected chi connectivity index (χ0v) is 13.9. The van der Waals surface area contributed by atoms with Crippen LogP contribution in [0, 0.1) is 5.82 Å².